The predicted molar refractivity (Wildman–Crippen MR) is 130 cm³/mol. The number of rotatable bonds is 8. The Kier molecular flexibility index (Phi) is 6.67. The summed E-state index contributed by atoms with van der Waals surface area (Å²) in [6, 6.07) is 15.4. The van der Waals surface area contributed by atoms with Gasteiger partial charge in [0.2, 0.25) is 0 Å². The second-order valence-corrected chi connectivity index (χ2v) is 8.97. The molecule has 1 N–H and O–H groups in total. The molecule has 0 amide bonds. The fraction of sp³-hybridized carbons (Fsp3) is 0.346. The molecule has 5 rings (SSSR count). The predicted octanol–water partition coefficient (Wildman–Crippen LogP) is 5.22. The van der Waals surface area contributed by atoms with Crippen molar-refractivity contribution in [2.75, 3.05) is 26.2 Å². The minimum Gasteiger partial charge on any atom is -0.492 e. The average molecular weight is 467 g/mol. The lowest BCUT2D eigenvalue weighted by Crippen LogP contribution is -2.42. The van der Waals surface area contributed by atoms with Crippen LogP contribution in [0.4, 0.5) is 0 Å². The fourth-order valence-corrected chi connectivity index (χ4v) is 4.58. The van der Waals surface area contributed by atoms with Crippen LogP contribution in [0.1, 0.15) is 24.8 Å². The SMILES string of the molecule is O=c1ccc2c(OCCCN3CCC(NCc4ccc(Cl)cc4)CC3)c3ccoc3cc2o1. The van der Waals surface area contributed by atoms with E-state index in [9.17, 15) is 4.79 Å². The molecule has 0 aliphatic carbocycles. The third-order valence-corrected chi connectivity index (χ3v) is 6.52. The van der Waals surface area contributed by atoms with Gasteiger partial charge in [-0.15, -0.1) is 0 Å². The number of piperidine rings is 1. The Morgan fingerprint density at radius 2 is 1.82 bits per heavy atom. The standard InChI is InChI=1S/C26H27ClN2O4/c27-19-4-2-18(3-5-19)17-28-20-8-12-29(13-9-20)11-1-14-32-26-21-6-7-25(30)33-24(21)16-23-22(26)10-15-31-23/h2-7,10,15-16,20,28H,1,8-9,11-14,17H2. The highest BCUT2D eigenvalue weighted by molar-refractivity contribution is 6.30. The number of benzene rings is 2. The molecule has 33 heavy (non-hydrogen) atoms. The fourth-order valence-electron chi connectivity index (χ4n) is 4.45. The molecule has 3 heterocycles. The van der Waals surface area contributed by atoms with Gasteiger partial charge in [0.25, 0.3) is 0 Å². The molecule has 1 aliphatic heterocycles. The van der Waals surface area contributed by atoms with Crippen LogP contribution in [-0.4, -0.2) is 37.2 Å². The molecule has 1 aliphatic rings. The zero-order valence-electron chi connectivity index (χ0n) is 18.4. The number of fused-ring (bicyclic) bond motifs is 2. The van der Waals surface area contributed by atoms with E-state index in [1.807, 2.05) is 18.2 Å². The average Bonchev–Trinajstić information content (AvgIpc) is 3.30. The maximum atomic E-state index is 11.6. The highest BCUT2D eigenvalue weighted by Crippen LogP contribution is 2.35. The summed E-state index contributed by atoms with van der Waals surface area (Å²) >= 11 is 5.96. The van der Waals surface area contributed by atoms with E-state index in [0.29, 0.717) is 29.6 Å². The molecule has 2 aromatic heterocycles. The van der Waals surface area contributed by atoms with Crippen molar-refractivity contribution in [3.8, 4) is 5.75 Å². The molecule has 7 heteroatoms. The van der Waals surface area contributed by atoms with E-state index in [1.54, 1.807) is 18.4 Å². The number of ether oxygens (including phenoxy) is 1. The van der Waals surface area contributed by atoms with Crippen molar-refractivity contribution in [1.82, 2.24) is 10.2 Å². The highest BCUT2D eigenvalue weighted by atomic mass is 35.5. The van der Waals surface area contributed by atoms with Crippen molar-refractivity contribution in [1.29, 1.82) is 0 Å². The summed E-state index contributed by atoms with van der Waals surface area (Å²) in [6.45, 7) is 4.64. The van der Waals surface area contributed by atoms with Crippen LogP contribution in [0.25, 0.3) is 21.9 Å². The molecule has 172 valence electrons. The van der Waals surface area contributed by atoms with Gasteiger partial charge in [0.1, 0.15) is 16.9 Å². The molecular formula is C26H27ClN2O4. The van der Waals surface area contributed by atoms with Crippen LogP contribution in [0.15, 0.2) is 68.4 Å². The van der Waals surface area contributed by atoms with Gasteiger partial charge in [-0.3, -0.25) is 0 Å². The second kappa shape index (κ2) is 10.00. The number of hydrogen-bond donors (Lipinski definition) is 1. The van der Waals surface area contributed by atoms with Crippen molar-refractivity contribution < 1.29 is 13.6 Å². The first-order valence-corrected chi connectivity index (χ1v) is 11.8. The minimum atomic E-state index is -0.384. The van der Waals surface area contributed by atoms with Crippen LogP contribution < -0.4 is 15.7 Å². The van der Waals surface area contributed by atoms with Crippen LogP contribution in [0, 0.1) is 0 Å². The Morgan fingerprint density at radius 3 is 2.64 bits per heavy atom. The van der Waals surface area contributed by atoms with Gasteiger partial charge in [0, 0.05) is 36.3 Å². The molecule has 0 radical (unpaired) electrons. The van der Waals surface area contributed by atoms with Crippen LogP contribution in [0.2, 0.25) is 5.02 Å². The number of likely N-dealkylation sites (tertiary alicyclic amines) is 1. The maximum Gasteiger partial charge on any atom is 0.336 e. The number of hydrogen-bond acceptors (Lipinski definition) is 6. The summed E-state index contributed by atoms with van der Waals surface area (Å²) in [4.78, 5) is 14.1. The van der Waals surface area contributed by atoms with Crippen molar-refractivity contribution in [2.45, 2.75) is 31.8 Å². The van der Waals surface area contributed by atoms with E-state index in [4.69, 9.17) is 25.2 Å². The Hall–Kier alpha value is -2.80. The van der Waals surface area contributed by atoms with E-state index < -0.39 is 0 Å². The number of nitrogens with one attached hydrogen (secondary N) is 1. The third kappa shape index (κ3) is 5.24. The Labute approximate surface area is 197 Å². The summed E-state index contributed by atoms with van der Waals surface area (Å²) < 4.78 is 17.0. The molecule has 0 bridgehead atoms. The molecule has 1 fully saturated rings. The largest absolute Gasteiger partial charge is 0.492 e. The molecule has 2 aromatic carbocycles. The highest BCUT2D eigenvalue weighted by Gasteiger charge is 2.19. The van der Waals surface area contributed by atoms with Gasteiger partial charge in [-0.05, 0) is 62.2 Å². The monoisotopic (exact) mass is 466 g/mol. The smallest absolute Gasteiger partial charge is 0.336 e. The van der Waals surface area contributed by atoms with Gasteiger partial charge < -0.3 is 23.8 Å². The van der Waals surface area contributed by atoms with Crippen molar-refractivity contribution >= 4 is 33.5 Å². The second-order valence-electron chi connectivity index (χ2n) is 8.53. The first-order valence-electron chi connectivity index (χ1n) is 11.4. The summed E-state index contributed by atoms with van der Waals surface area (Å²) in [5.74, 6) is 0.713. The minimum absolute atomic E-state index is 0.384. The van der Waals surface area contributed by atoms with E-state index >= 15 is 0 Å². The molecule has 1 saturated heterocycles. The van der Waals surface area contributed by atoms with Crippen LogP contribution in [-0.2, 0) is 6.54 Å². The van der Waals surface area contributed by atoms with E-state index in [-0.39, 0.29) is 5.63 Å². The molecule has 0 saturated carbocycles. The Bertz CT molecular complexity index is 1270. The number of halogens is 1. The van der Waals surface area contributed by atoms with Gasteiger partial charge in [-0.25, -0.2) is 4.79 Å². The van der Waals surface area contributed by atoms with Crippen LogP contribution in [0.3, 0.4) is 0 Å². The summed E-state index contributed by atoms with van der Waals surface area (Å²) in [7, 11) is 0. The lowest BCUT2D eigenvalue weighted by molar-refractivity contribution is 0.182. The van der Waals surface area contributed by atoms with E-state index in [1.165, 1.54) is 11.6 Å². The van der Waals surface area contributed by atoms with E-state index in [2.05, 4.69) is 22.3 Å². The van der Waals surface area contributed by atoms with Gasteiger partial charge in [0.05, 0.1) is 23.6 Å². The molecule has 4 aromatic rings. The molecular weight excluding hydrogens is 440 g/mol. The van der Waals surface area contributed by atoms with Gasteiger partial charge in [-0.1, -0.05) is 23.7 Å². The normalized spacial score (nSPS) is 15.4. The summed E-state index contributed by atoms with van der Waals surface area (Å²) in [5, 5.41) is 6.12. The van der Waals surface area contributed by atoms with Crippen LogP contribution in [0.5, 0.6) is 5.75 Å². The molecule has 0 atom stereocenters. The first kappa shape index (κ1) is 22.0. The van der Waals surface area contributed by atoms with Crippen molar-refractivity contribution in [2.24, 2.45) is 0 Å². The topological polar surface area (TPSA) is 67.8 Å². The number of furan rings is 1. The Balaban J connectivity index is 1.10. The quantitative estimate of drug-likeness (QED) is 0.284. The zero-order valence-corrected chi connectivity index (χ0v) is 19.1. The molecule has 0 spiro atoms. The van der Waals surface area contributed by atoms with Crippen LogP contribution >= 0.6 is 11.6 Å². The lowest BCUT2D eigenvalue weighted by Gasteiger charge is -2.32. The van der Waals surface area contributed by atoms with Crippen molar-refractivity contribution in [3.63, 3.8) is 0 Å². The van der Waals surface area contributed by atoms with Gasteiger partial charge >= 0.3 is 5.63 Å². The van der Waals surface area contributed by atoms with Gasteiger partial charge in [0.15, 0.2) is 0 Å². The zero-order chi connectivity index (χ0) is 22.6. The van der Waals surface area contributed by atoms with Crippen molar-refractivity contribution in [3.05, 3.63) is 75.8 Å². The molecule has 0 unspecified atom stereocenters. The maximum absolute atomic E-state index is 11.6. The van der Waals surface area contributed by atoms with Gasteiger partial charge in [-0.2, -0.15) is 0 Å². The number of nitrogens with zero attached hydrogens (tertiary/aromatic N) is 1. The van der Waals surface area contributed by atoms with E-state index in [0.717, 1.165) is 61.2 Å². The summed E-state index contributed by atoms with van der Waals surface area (Å²) in [6.07, 6.45) is 4.84. The first-order chi connectivity index (χ1) is 16.2. The third-order valence-electron chi connectivity index (χ3n) is 6.27. The Morgan fingerprint density at radius 1 is 1.03 bits per heavy atom. The summed E-state index contributed by atoms with van der Waals surface area (Å²) in [5.41, 5.74) is 2.01. The molecule has 6 nitrogen and oxygen atoms in total. The lowest BCUT2D eigenvalue weighted by atomic mass is 10.0.